The summed E-state index contributed by atoms with van der Waals surface area (Å²) in [5.41, 5.74) is 10.9. The minimum absolute atomic E-state index is 0.0790. The van der Waals surface area contributed by atoms with Crippen molar-refractivity contribution in [3.05, 3.63) is 58.3 Å². The first-order valence-electron chi connectivity index (χ1n) is 10.8. The second kappa shape index (κ2) is 8.57. The van der Waals surface area contributed by atoms with Crippen LogP contribution in [0.25, 0.3) is 0 Å². The fourth-order valence-electron chi connectivity index (χ4n) is 4.56. The summed E-state index contributed by atoms with van der Waals surface area (Å²) in [5.74, 6) is 1.10. The average molecular weight is 461 g/mol. The first-order chi connectivity index (χ1) is 15.6. The van der Waals surface area contributed by atoms with Gasteiger partial charge in [-0.1, -0.05) is 12.1 Å². The number of amidine groups is 1. The van der Waals surface area contributed by atoms with Gasteiger partial charge in [0.2, 0.25) is 5.91 Å². The van der Waals surface area contributed by atoms with Gasteiger partial charge >= 0.3 is 6.18 Å². The molecule has 3 heterocycles. The van der Waals surface area contributed by atoms with Gasteiger partial charge in [0.25, 0.3) is 0 Å². The van der Waals surface area contributed by atoms with Crippen molar-refractivity contribution in [2.45, 2.75) is 44.3 Å². The predicted molar refractivity (Wildman–Crippen MR) is 120 cm³/mol. The maximum atomic E-state index is 12.8. The maximum absolute atomic E-state index is 12.8. The third kappa shape index (κ3) is 4.74. The van der Waals surface area contributed by atoms with E-state index in [0.717, 1.165) is 54.0 Å². The van der Waals surface area contributed by atoms with Crippen molar-refractivity contribution >= 4 is 17.6 Å². The predicted octanol–water partition coefficient (Wildman–Crippen LogP) is 2.82. The highest BCUT2D eigenvalue weighted by Gasteiger charge is 2.42. The number of nitrogens with zero attached hydrogens (tertiary/aromatic N) is 3. The van der Waals surface area contributed by atoms with E-state index < -0.39 is 11.7 Å². The number of carbonyl (C=O) groups is 1. The Labute approximate surface area is 190 Å². The molecule has 0 bridgehead atoms. The number of hydrogen-bond donors (Lipinski definition) is 3. The monoisotopic (exact) mass is 460 g/mol. The summed E-state index contributed by atoms with van der Waals surface area (Å²) in [7, 11) is 1.68. The maximum Gasteiger partial charge on any atom is 0.416 e. The van der Waals surface area contributed by atoms with E-state index in [9.17, 15) is 18.0 Å². The van der Waals surface area contributed by atoms with E-state index in [0.29, 0.717) is 24.5 Å². The van der Waals surface area contributed by atoms with Gasteiger partial charge in [0.1, 0.15) is 5.82 Å². The van der Waals surface area contributed by atoms with Gasteiger partial charge in [-0.25, -0.2) is 4.98 Å². The molecule has 4 rings (SSSR count). The van der Waals surface area contributed by atoms with Crippen molar-refractivity contribution < 1.29 is 18.0 Å². The number of pyridine rings is 1. The molecular weight excluding hydrogens is 433 g/mol. The molecule has 2 aliphatic rings. The van der Waals surface area contributed by atoms with Crippen LogP contribution in [-0.4, -0.2) is 47.3 Å². The fraction of sp³-hybridized carbons (Fsp3) is 0.435. The topological polar surface area (TPSA) is 95.6 Å². The van der Waals surface area contributed by atoms with Crippen molar-refractivity contribution in [3.8, 4) is 0 Å². The van der Waals surface area contributed by atoms with E-state index in [4.69, 9.17) is 10.7 Å². The minimum atomic E-state index is -4.38. The van der Waals surface area contributed by atoms with Crippen LogP contribution in [0.2, 0.25) is 0 Å². The van der Waals surface area contributed by atoms with Crippen LogP contribution in [0.4, 0.5) is 19.0 Å². The summed E-state index contributed by atoms with van der Waals surface area (Å²) in [5, 5.41) is 7.60. The highest BCUT2D eigenvalue weighted by atomic mass is 19.4. The van der Waals surface area contributed by atoms with Crippen molar-refractivity contribution in [1.29, 1.82) is 0 Å². The molecule has 0 aliphatic carbocycles. The van der Waals surface area contributed by atoms with Crippen LogP contribution in [0.3, 0.4) is 0 Å². The highest BCUT2D eigenvalue weighted by Crippen LogP contribution is 2.37. The number of rotatable bonds is 4. The van der Waals surface area contributed by atoms with E-state index in [-0.39, 0.29) is 17.9 Å². The van der Waals surface area contributed by atoms with Crippen molar-refractivity contribution in [1.82, 2.24) is 15.3 Å². The standard InChI is InChI=1S/C23H27F3N6O/c1-14-18(20(27)31-28-2)12-16-7-8-22(30-21(16)29-14)9-10-32(13-22)19(33)11-15-3-5-17(6-4-15)23(24,25)26/h3-6,12,28H,7-11,13H2,1-2H3,(H2,27,31)(H,29,30)/t22-/m1/s1. The SMILES string of the molecule is CN/N=C(\N)c1cc2c(nc1C)N[C@]1(CC2)CCN(C(=O)Cc2ccc(C(F)(F)F)cc2)C1. The van der Waals surface area contributed by atoms with E-state index in [1.807, 2.05) is 13.0 Å². The van der Waals surface area contributed by atoms with Gasteiger partial charge in [-0.15, -0.1) is 0 Å². The number of aromatic nitrogens is 1. The molecular formula is C23H27F3N6O. The van der Waals surface area contributed by atoms with Gasteiger partial charge in [-0.2, -0.15) is 18.3 Å². The number of fused-ring (bicyclic) bond motifs is 1. The first kappa shape index (κ1) is 22.9. The Balaban J connectivity index is 1.43. The van der Waals surface area contributed by atoms with Gasteiger partial charge in [0.15, 0.2) is 5.84 Å². The van der Waals surface area contributed by atoms with Crippen LogP contribution in [-0.2, 0) is 23.8 Å². The number of benzene rings is 1. The molecule has 10 heteroatoms. The van der Waals surface area contributed by atoms with Gasteiger partial charge in [-0.05, 0) is 55.5 Å². The average Bonchev–Trinajstić information content (AvgIpc) is 3.16. The molecule has 1 aromatic carbocycles. The Morgan fingerprint density at radius 2 is 2.03 bits per heavy atom. The summed E-state index contributed by atoms with van der Waals surface area (Å²) in [6.07, 6.45) is -1.87. The lowest BCUT2D eigenvalue weighted by Crippen LogP contribution is -2.45. The molecule has 1 spiro atoms. The van der Waals surface area contributed by atoms with Crippen LogP contribution in [0, 0.1) is 6.92 Å². The fourth-order valence-corrected chi connectivity index (χ4v) is 4.56. The van der Waals surface area contributed by atoms with Crippen molar-refractivity contribution in [2.24, 2.45) is 10.8 Å². The number of hydrogen-bond acceptors (Lipinski definition) is 5. The number of aryl methyl sites for hydroxylation is 2. The number of anilines is 1. The van der Waals surface area contributed by atoms with Crippen LogP contribution in [0.15, 0.2) is 35.4 Å². The molecule has 0 saturated carbocycles. The van der Waals surface area contributed by atoms with Crippen LogP contribution in [0.5, 0.6) is 0 Å². The van der Waals surface area contributed by atoms with E-state index in [1.165, 1.54) is 12.1 Å². The number of carbonyl (C=O) groups excluding carboxylic acids is 1. The Bertz CT molecular complexity index is 1080. The largest absolute Gasteiger partial charge is 0.416 e. The molecule has 2 aromatic rings. The number of alkyl halides is 3. The van der Waals surface area contributed by atoms with Crippen LogP contribution < -0.4 is 16.5 Å². The van der Waals surface area contributed by atoms with E-state index in [2.05, 4.69) is 15.8 Å². The zero-order valence-corrected chi connectivity index (χ0v) is 18.6. The molecule has 1 amide bonds. The summed E-state index contributed by atoms with van der Waals surface area (Å²) in [6, 6.07) is 6.79. The minimum Gasteiger partial charge on any atom is -0.382 e. The van der Waals surface area contributed by atoms with Crippen LogP contribution in [0.1, 0.15) is 40.8 Å². The Hall–Kier alpha value is -3.30. The first-order valence-corrected chi connectivity index (χ1v) is 10.8. The summed E-state index contributed by atoms with van der Waals surface area (Å²) < 4.78 is 38.3. The second-order valence-corrected chi connectivity index (χ2v) is 8.69. The van der Waals surface area contributed by atoms with Gasteiger partial charge in [-0.3, -0.25) is 4.79 Å². The molecule has 33 heavy (non-hydrogen) atoms. The van der Waals surface area contributed by atoms with Crippen molar-refractivity contribution in [3.63, 3.8) is 0 Å². The van der Waals surface area contributed by atoms with Gasteiger partial charge in [0, 0.05) is 25.7 Å². The lowest BCUT2D eigenvalue weighted by molar-refractivity contribution is -0.137. The molecule has 2 aliphatic heterocycles. The molecule has 7 nitrogen and oxygen atoms in total. The second-order valence-electron chi connectivity index (χ2n) is 8.69. The zero-order chi connectivity index (χ0) is 23.8. The number of halogens is 3. The number of likely N-dealkylation sites (tertiary alicyclic amines) is 1. The third-order valence-electron chi connectivity index (χ3n) is 6.40. The van der Waals surface area contributed by atoms with E-state index in [1.54, 1.807) is 11.9 Å². The van der Waals surface area contributed by atoms with E-state index >= 15 is 0 Å². The highest BCUT2D eigenvalue weighted by molar-refractivity contribution is 5.98. The molecule has 4 N–H and O–H groups in total. The van der Waals surface area contributed by atoms with Gasteiger partial charge in [0.05, 0.1) is 23.2 Å². The summed E-state index contributed by atoms with van der Waals surface area (Å²) in [4.78, 5) is 19.3. The Kier molecular flexibility index (Phi) is 5.94. The molecule has 1 saturated heterocycles. The molecule has 176 valence electrons. The molecule has 1 fully saturated rings. The summed E-state index contributed by atoms with van der Waals surface area (Å²) >= 11 is 0. The third-order valence-corrected chi connectivity index (χ3v) is 6.40. The number of amides is 1. The van der Waals surface area contributed by atoms with Crippen molar-refractivity contribution in [2.75, 3.05) is 25.5 Å². The quantitative estimate of drug-likeness (QED) is 0.371. The molecule has 0 radical (unpaired) electrons. The number of nitrogens with one attached hydrogen (secondary N) is 2. The molecule has 1 aromatic heterocycles. The normalized spacial score (nSPS) is 20.5. The number of hydrazone groups is 1. The lowest BCUT2D eigenvalue weighted by atomic mass is 9.86. The van der Waals surface area contributed by atoms with Gasteiger partial charge < -0.3 is 21.4 Å². The zero-order valence-electron chi connectivity index (χ0n) is 18.6. The Morgan fingerprint density at radius 1 is 1.30 bits per heavy atom. The molecule has 0 unspecified atom stereocenters. The van der Waals surface area contributed by atoms with Crippen LogP contribution >= 0.6 is 0 Å². The molecule has 1 atom stereocenters. The Morgan fingerprint density at radius 3 is 2.70 bits per heavy atom. The lowest BCUT2D eigenvalue weighted by Gasteiger charge is -2.36. The number of nitrogens with two attached hydrogens (primary N) is 1. The smallest absolute Gasteiger partial charge is 0.382 e. The summed E-state index contributed by atoms with van der Waals surface area (Å²) in [6.45, 7) is 3.02.